The maximum atomic E-state index is 2.49. The van der Waals surface area contributed by atoms with Gasteiger partial charge < -0.3 is 0 Å². The molecule has 0 saturated carbocycles. The normalized spacial score (nSPS) is 11.9. The number of hydrogen-bond donors (Lipinski definition) is 0. The molecular weight excluding hydrogens is 399 g/mol. The number of rotatable bonds is 4. The van der Waals surface area contributed by atoms with Crippen LogP contribution in [0.4, 0.5) is 0 Å². The minimum atomic E-state index is -1.94. The van der Waals surface area contributed by atoms with Crippen molar-refractivity contribution in [2.24, 2.45) is 7.05 Å². The van der Waals surface area contributed by atoms with E-state index in [2.05, 4.69) is 111 Å². The Morgan fingerprint density at radius 1 is 0.821 bits per heavy atom. The molecule has 0 unspecified atom stereocenters. The van der Waals surface area contributed by atoms with Gasteiger partial charge in [0, 0.05) is 0 Å². The second-order valence-electron chi connectivity index (χ2n) is 9.39. The van der Waals surface area contributed by atoms with Crippen molar-refractivity contribution in [1.29, 1.82) is 0 Å². The molecule has 2 heteroatoms. The Morgan fingerprint density at radius 3 is 2.00 bits per heavy atom. The van der Waals surface area contributed by atoms with Crippen molar-refractivity contribution in [1.82, 2.24) is 0 Å². The molecule has 0 aliphatic rings. The van der Waals surface area contributed by atoms with E-state index in [0.29, 0.717) is 5.92 Å². The standard InChI is InChI=1S/C26H34GeN/c1-18(2)22-16-26(28(8)17-25(22)27(5,6)7)24-15-23(19(3)14-20(24)4)21-12-10-9-11-13-21/h9-18H,1-8H3/q+1. The van der Waals surface area contributed by atoms with Gasteiger partial charge in [-0.15, -0.1) is 0 Å². The molecule has 0 bridgehead atoms. The molecule has 1 heterocycles. The van der Waals surface area contributed by atoms with Crippen molar-refractivity contribution < 1.29 is 4.57 Å². The predicted octanol–water partition coefficient (Wildman–Crippen LogP) is 6.13. The fourth-order valence-electron chi connectivity index (χ4n) is 4.09. The summed E-state index contributed by atoms with van der Waals surface area (Å²) in [7, 11) is 2.21. The van der Waals surface area contributed by atoms with Gasteiger partial charge in [0.25, 0.3) is 0 Å². The molecule has 0 amide bonds. The Labute approximate surface area is 173 Å². The summed E-state index contributed by atoms with van der Waals surface area (Å²) < 4.78 is 3.97. The molecule has 1 nitrogen and oxygen atoms in total. The van der Waals surface area contributed by atoms with Gasteiger partial charge in [0.05, 0.1) is 0 Å². The van der Waals surface area contributed by atoms with Crippen molar-refractivity contribution in [3.8, 4) is 22.4 Å². The van der Waals surface area contributed by atoms with Crippen LogP contribution < -0.4 is 8.96 Å². The van der Waals surface area contributed by atoms with Crippen molar-refractivity contribution in [2.75, 3.05) is 0 Å². The van der Waals surface area contributed by atoms with Gasteiger partial charge >= 0.3 is 174 Å². The summed E-state index contributed by atoms with van der Waals surface area (Å²) in [5.41, 5.74) is 9.46. The number of hydrogen-bond acceptors (Lipinski definition) is 0. The number of nitrogens with zero attached hydrogens (tertiary/aromatic N) is 1. The van der Waals surface area contributed by atoms with Crippen LogP contribution in [0, 0.1) is 13.8 Å². The summed E-state index contributed by atoms with van der Waals surface area (Å²) >= 11 is -1.94. The topological polar surface area (TPSA) is 3.88 Å². The summed E-state index contributed by atoms with van der Waals surface area (Å²) in [4.78, 5) is 0. The molecule has 0 spiro atoms. The number of benzene rings is 2. The van der Waals surface area contributed by atoms with Crippen LogP contribution in [0.25, 0.3) is 22.4 Å². The van der Waals surface area contributed by atoms with Crippen LogP contribution in [0.3, 0.4) is 0 Å². The summed E-state index contributed by atoms with van der Waals surface area (Å²) in [5.74, 6) is 8.02. The third-order valence-corrected chi connectivity index (χ3v) is 9.94. The Balaban J connectivity index is 2.25. The third kappa shape index (κ3) is 4.10. The van der Waals surface area contributed by atoms with Crippen LogP contribution in [0.15, 0.2) is 54.7 Å². The molecule has 0 aliphatic heterocycles. The average Bonchev–Trinajstić information content (AvgIpc) is 2.62. The summed E-state index contributed by atoms with van der Waals surface area (Å²) in [6.07, 6.45) is 2.42. The molecule has 0 aliphatic carbocycles. The van der Waals surface area contributed by atoms with Crippen LogP contribution in [0.1, 0.15) is 36.5 Å². The second kappa shape index (κ2) is 7.87. The van der Waals surface area contributed by atoms with Crippen LogP contribution in [-0.4, -0.2) is 13.3 Å². The molecule has 0 fully saturated rings. The molecule has 3 rings (SSSR count). The van der Waals surface area contributed by atoms with E-state index in [0.717, 1.165) is 0 Å². The quantitative estimate of drug-likeness (QED) is 0.344. The van der Waals surface area contributed by atoms with Crippen molar-refractivity contribution in [2.45, 2.75) is 50.9 Å². The summed E-state index contributed by atoms with van der Waals surface area (Å²) in [6, 6.07) is 17.9. The van der Waals surface area contributed by atoms with Gasteiger partial charge in [-0.25, -0.2) is 0 Å². The zero-order valence-electron chi connectivity index (χ0n) is 18.7. The molecule has 28 heavy (non-hydrogen) atoms. The van der Waals surface area contributed by atoms with Gasteiger partial charge in [0.1, 0.15) is 0 Å². The third-order valence-electron chi connectivity index (χ3n) is 5.67. The second-order valence-corrected chi connectivity index (χ2v) is 20.0. The molecular formula is C26H34GeN+. The Hall–Kier alpha value is -1.87. The fraction of sp³-hybridized carbons (Fsp3) is 0.346. The van der Waals surface area contributed by atoms with E-state index >= 15 is 0 Å². The number of pyridine rings is 1. The van der Waals surface area contributed by atoms with Gasteiger partial charge in [-0.05, 0) is 0 Å². The first kappa shape index (κ1) is 20.9. The zero-order chi connectivity index (χ0) is 20.6. The minimum absolute atomic E-state index is 0.541. The molecule has 146 valence electrons. The van der Waals surface area contributed by atoms with Crippen LogP contribution in [-0.2, 0) is 7.05 Å². The summed E-state index contributed by atoms with van der Waals surface area (Å²) in [5, 5.41) is 0. The summed E-state index contributed by atoms with van der Waals surface area (Å²) in [6.45, 7) is 9.11. The molecule has 0 N–H and O–H groups in total. The Kier molecular flexibility index (Phi) is 5.86. The van der Waals surface area contributed by atoms with Crippen LogP contribution in [0.5, 0.6) is 0 Å². The van der Waals surface area contributed by atoms with Crippen LogP contribution >= 0.6 is 0 Å². The predicted molar refractivity (Wildman–Crippen MR) is 125 cm³/mol. The number of aromatic nitrogens is 1. The Bertz CT molecular complexity index is 995. The van der Waals surface area contributed by atoms with E-state index in [9.17, 15) is 0 Å². The molecule has 3 aromatic rings. The van der Waals surface area contributed by atoms with Crippen molar-refractivity contribution in [3.63, 3.8) is 0 Å². The van der Waals surface area contributed by atoms with Gasteiger partial charge in [-0.1, -0.05) is 0 Å². The van der Waals surface area contributed by atoms with E-state index < -0.39 is 13.3 Å². The van der Waals surface area contributed by atoms with Gasteiger partial charge in [0.2, 0.25) is 0 Å². The fourth-order valence-corrected chi connectivity index (χ4v) is 7.89. The Morgan fingerprint density at radius 2 is 1.43 bits per heavy atom. The zero-order valence-corrected chi connectivity index (χ0v) is 20.8. The van der Waals surface area contributed by atoms with E-state index in [1.165, 1.54) is 39.1 Å². The molecule has 0 saturated heterocycles. The maximum absolute atomic E-state index is 2.49. The first-order chi connectivity index (χ1) is 13.1. The van der Waals surface area contributed by atoms with E-state index in [4.69, 9.17) is 0 Å². The number of aryl methyl sites for hydroxylation is 3. The monoisotopic (exact) mass is 434 g/mol. The van der Waals surface area contributed by atoms with Crippen molar-refractivity contribution >= 4 is 17.7 Å². The average molecular weight is 433 g/mol. The SMILES string of the molecule is Cc1cc(C)c(-c2cc(C(C)C)[c]([Ge]([CH3])([CH3])[CH3])c[n+]2C)cc1-c1ccccc1. The van der Waals surface area contributed by atoms with Gasteiger partial charge in [-0.3, -0.25) is 0 Å². The molecule has 2 aromatic carbocycles. The van der Waals surface area contributed by atoms with Crippen LogP contribution in [0.2, 0.25) is 17.3 Å². The van der Waals surface area contributed by atoms with Crippen molar-refractivity contribution in [3.05, 3.63) is 71.4 Å². The van der Waals surface area contributed by atoms with E-state index in [1.54, 1.807) is 4.40 Å². The van der Waals surface area contributed by atoms with E-state index in [-0.39, 0.29) is 0 Å². The molecule has 1 aromatic heterocycles. The van der Waals surface area contributed by atoms with Gasteiger partial charge in [-0.2, -0.15) is 0 Å². The molecule has 0 atom stereocenters. The first-order valence-corrected chi connectivity index (χ1v) is 17.6. The van der Waals surface area contributed by atoms with Gasteiger partial charge in [0.15, 0.2) is 0 Å². The first-order valence-electron chi connectivity index (χ1n) is 10.3. The van der Waals surface area contributed by atoms with E-state index in [1.807, 2.05) is 0 Å². The molecule has 0 radical (unpaired) electrons.